The minimum Gasteiger partial charge on any atom is -0.508 e. The van der Waals surface area contributed by atoms with Crippen LogP contribution in [-0.4, -0.2) is 17.9 Å². The fraction of sp³-hybridized carbons (Fsp3) is 0.259. The van der Waals surface area contributed by atoms with Gasteiger partial charge in [0, 0.05) is 23.8 Å². The average Bonchev–Trinajstić information content (AvgIpc) is 2.81. The van der Waals surface area contributed by atoms with E-state index in [1.54, 1.807) is 36.7 Å². The van der Waals surface area contributed by atoms with Crippen LogP contribution in [0.1, 0.15) is 54.0 Å². The molecule has 7 heteroatoms. The highest BCUT2D eigenvalue weighted by Gasteiger charge is 2.33. The first-order valence-corrected chi connectivity index (χ1v) is 10.7. The number of nitrogens with zero attached hydrogens (tertiary/aromatic N) is 2. The van der Waals surface area contributed by atoms with Crippen molar-refractivity contribution in [3.05, 3.63) is 88.8 Å². The first-order chi connectivity index (χ1) is 16.3. The summed E-state index contributed by atoms with van der Waals surface area (Å²) < 4.78 is 45.6. The molecule has 176 valence electrons. The predicted octanol–water partition coefficient (Wildman–Crippen LogP) is 6.53. The van der Waals surface area contributed by atoms with Gasteiger partial charge in [0.15, 0.2) is 0 Å². The number of rotatable bonds is 9. The molecule has 0 aliphatic carbocycles. The van der Waals surface area contributed by atoms with Crippen LogP contribution in [-0.2, 0) is 17.3 Å². The van der Waals surface area contributed by atoms with Crippen molar-refractivity contribution in [1.29, 1.82) is 5.26 Å². The molecule has 2 aromatic rings. The second kappa shape index (κ2) is 12.9. The van der Waals surface area contributed by atoms with Gasteiger partial charge >= 0.3 is 6.18 Å². The zero-order valence-electron chi connectivity index (χ0n) is 18.8. The summed E-state index contributed by atoms with van der Waals surface area (Å²) in [4.78, 5) is 4.05. The Bertz CT molecular complexity index is 1160. The average molecular weight is 467 g/mol. The zero-order valence-corrected chi connectivity index (χ0v) is 18.8. The molecule has 0 heterocycles. The smallest absolute Gasteiger partial charge is 0.417 e. The third-order valence-electron chi connectivity index (χ3n) is 4.76. The Balaban J connectivity index is 2.14. The van der Waals surface area contributed by atoms with Gasteiger partial charge in [-0.3, -0.25) is 4.99 Å². The number of alkyl halides is 3. The highest BCUT2D eigenvalue weighted by molar-refractivity contribution is 5.70. The van der Waals surface area contributed by atoms with E-state index >= 15 is 0 Å². The molecule has 0 saturated heterocycles. The quantitative estimate of drug-likeness (QED) is 0.198. The molecular formula is C27H25F3N2O2. The van der Waals surface area contributed by atoms with Gasteiger partial charge in [-0.2, -0.15) is 18.4 Å². The molecule has 4 nitrogen and oxygen atoms in total. The number of ether oxygens (including phenoxy) is 1. The number of hydrogen-bond donors (Lipinski definition) is 1. The molecule has 0 aromatic heterocycles. The zero-order chi connectivity index (χ0) is 25.0. The molecule has 1 N–H and O–H groups in total. The summed E-state index contributed by atoms with van der Waals surface area (Å²) in [6.07, 6.45) is 2.92. The van der Waals surface area contributed by atoms with Crippen LogP contribution in [0.15, 0.2) is 66.0 Å². The molecule has 0 radical (unpaired) electrons. The summed E-state index contributed by atoms with van der Waals surface area (Å²) in [5.41, 5.74) is 0.556. The number of hydrogen-bond acceptors (Lipinski definition) is 4. The summed E-state index contributed by atoms with van der Waals surface area (Å²) in [7, 11) is 0. The SMILES string of the molecule is C=CC=N/C=C(\CC)OCCCCc1cc(C#N)ccc1C#Cc1ccc(O)cc1C(F)(F)F. The van der Waals surface area contributed by atoms with Crippen LogP contribution in [0.3, 0.4) is 0 Å². The number of phenols is 1. The molecule has 2 aromatic carbocycles. The fourth-order valence-electron chi connectivity index (χ4n) is 3.04. The molecule has 0 fully saturated rings. The Labute approximate surface area is 197 Å². The van der Waals surface area contributed by atoms with Crippen LogP contribution in [0, 0.1) is 23.2 Å². The van der Waals surface area contributed by atoms with Crippen molar-refractivity contribution < 1.29 is 23.0 Å². The molecule has 0 unspecified atom stereocenters. The van der Waals surface area contributed by atoms with Crippen molar-refractivity contribution in [3.63, 3.8) is 0 Å². The van der Waals surface area contributed by atoms with Gasteiger partial charge in [0.2, 0.25) is 0 Å². The van der Waals surface area contributed by atoms with Gasteiger partial charge in [0.05, 0.1) is 30.0 Å². The Hall–Kier alpha value is -3.97. The molecule has 0 atom stereocenters. The van der Waals surface area contributed by atoms with Crippen molar-refractivity contribution in [1.82, 2.24) is 0 Å². The van der Waals surface area contributed by atoms with E-state index in [2.05, 4.69) is 29.5 Å². The van der Waals surface area contributed by atoms with E-state index in [9.17, 15) is 23.5 Å². The summed E-state index contributed by atoms with van der Waals surface area (Å²) in [5, 5.41) is 18.7. The normalized spacial score (nSPS) is 11.6. The number of unbranched alkanes of at least 4 members (excludes halogenated alkanes) is 1. The van der Waals surface area contributed by atoms with Gasteiger partial charge < -0.3 is 9.84 Å². The van der Waals surface area contributed by atoms with Crippen LogP contribution in [0.25, 0.3) is 0 Å². The summed E-state index contributed by atoms with van der Waals surface area (Å²) in [6, 6.07) is 9.97. The van der Waals surface area contributed by atoms with Crippen LogP contribution in [0.2, 0.25) is 0 Å². The van der Waals surface area contributed by atoms with E-state index in [-0.39, 0.29) is 5.56 Å². The molecular weight excluding hydrogens is 441 g/mol. The van der Waals surface area contributed by atoms with Gasteiger partial charge in [0.1, 0.15) is 11.5 Å². The van der Waals surface area contributed by atoms with Crippen molar-refractivity contribution in [3.8, 4) is 23.7 Å². The van der Waals surface area contributed by atoms with Crippen molar-refractivity contribution in [2.45, 2.75) is 38.8 Å². The second-order valence-corrected chi connectivity index (χ2v) is 7.25. The predicted molar refractivity (Wildman–Crippen MR) is 126 cm³/mol. The van der Waals surface area contributed by atoms with Crippen molar-refractivity contribution >= 4 is 6.21 Å². The van der Waals surface area contributed by atoms with Crippen LogP contribution < -0.4 is 0 Å². The third kappa shape index (κ3) is 8.18. The van der Waals surface area contributed by atoms with Gasteiger partial charge in [-0.15, -0.1) is 0 Å². The van der Waals surface area contributed by atoms with Gasteiger partial charge in [-0.25, -0.2) is 0 Å². The second-order valence-electron chi connectivity index (χ2n) is 7.25. The molecule has 0 amide bonds. The largest absolute Gasteiger partial charge is 0.508 e. The molecule has 0 spiro atoms. The van der Waals surface area contributed by atoms with E-state index in [0.717, 1.165) is 30.2 Å². The van der Waals surface area contributed by atoms with Gasteiger partial charge in [0.25, 0.3) is 0 Å². The summed E-state index contributed by atoms with van der Waals surface area (Å²) >= 11 is 0. The number of aromatic hydroxyl groups is 1. The van der Waals surface area contributed by atoms with Crippen LogP contribution >= 0.6 is 0 Å². The number of halogens is 3. The minimum atomic E-state index is -4.64. The monoisotopic (exact) mass is 466 g/mol. The first kappa shape index (κ1) is 26.3. The van der Waals surface area contributed by atoms with Crippen molar-refractivity contribution in [2.75, 3.05) is 6.61 Å². The van der Waals surface area contributed by atoms with E-state index in [4.69, 9.17) is 4.74 Å². The first-order valence-electron chi connectivity index (χ1n) is 10.7. The van der Waals surface area contributed by atoms with Gasteiger partial charge in [-0.05, 0) is 61.2 Å². The van der Waals surface area contributed by atoms with Crippen LogP contribution in [0.5, 0.6) is 5.75 Å². The lowest BCUT2D eigenvalue weighted by Gasteiger charge is -2.10. The van der Waals surface area contributed by atoms with E-state index < -0.39 is 17.5 Å². The van der Waals surface area contributed by atoms with E-state index in [1.165, 1.54) is 6.07 Å². The molecule has 34 heavy (non-hydrogen) atoms. The van der Waals surface area contributed by atoms with Crippen molar-refractivity contribution in [2.24, 2.45) is 4.99 Å². The lowest BCUT2D eigenvalue weighted by Crippen LogP contribution is -2.07. The number of benzene rings is 2. The number of aliphatic imine (C=N–C) groups is 1. The number of nitriles is 1. The maximum Gasteiger partial charge on any atom is 0.417 e. The molecule has 2 rings (SSSR count). The fourth-order valence-corrected chi connectivity index (χ4v) is 3.04. The summed E-state index contributed by atoms with van der Waals surface area (Å²) in [6.45, 7) is 6.01. The lowest BCUT2D eigenvalue weighted by molar-refractivity contribution is -0.137. The Morgan fingerprint density at radius 1 is 1.15 bits per heavy atom. The highest BCUT2D eigenvalue weighted by Crippen LogP contribution is 2.33. The van der Waals surface area contributed by atoms with E-state index in [1.807, 2.05) is 6.92 Å². The van der Waals surface area contributed by atoms with E-state index in [0.29, 0.717) is 36.6 Å². The molecule has 0 aliphatic heterocycles. The number of aryl methyl sites for hydroxylation is 1. The number of phenolic OH excluding ortho intramolecular Hbond substituents is 1. The summed E-state index contributed by atoms with van der Waals surface area (Å²) in [5.74, 6) is 5.65. The van der Waals surface area contributed by atoms with Gasteiger partial charge in [-0.1, -0.05) is 31.4 Å². The molecule has 0 aliphatic rings. The highest BCUT2D eigenvalue weighted by atomic mass is 19.4. The Kier molecular flexibility index (Phi) is 9.98. The topological polar surface area (TPSA) is 65.6 Å². The maximum atomic E-state index is 13.3. The maximum absolute atomic E-state index is 13.3. The Morgan fingerprint density at radius 2 is 1.88 bits per heavy atom. The third-order valence-corrected chi connectivity index (χ3v) is 4.76. The van der Waals surface area contributed by atoms with Crippen LogP contribution in [0.4, 0.5) is 13.2 Å². The lowest BCUT2D eigenvalue weighted by atomic mass is 9.99. The molecule has 0 bridgehead atoms. The number of allylic oxidation sites excluding steroid dienone is 2. The standard InChI is InChI=1S/C27H25F3N2O2/c1-3-14-32-19-25(4-2)34-15-6-5-7-23-16-20(18-31)8-9-21(23)10-11-22-12-13-24(33)17-26(22)27(28,29)30/h3,8-9,12-14,16-17,19,33H,1,4-7,15H2,2H3/b25-19+,32-14?. The minimum absolute atomic E-state index is 0.230. The Morgan fingerprint density at radius 3 is 2.56 bits per heavy atom. The molecule has 0 saturated carbocycles.